The molecule has 19 heavy (non-hydrogen) atoms. The summed E-state index contributed by atoms with van der Waals surface area (Å²) < 4.78 is 19.2. The van der Waals surface area contributed by atoms with Crippen molar-refractivity contribution in [3.05, 3.63) is 50.4 Å². The summed E-state index contributed by atoms with van der Waals surface area (Å²) >= 11 is 4.45. The lowest BCUT2D eigenvalue weighted by Crippen LogP contribution is -2.30. The lowest BCUT2D eigenvalue weighted by Gasteiger charge is -2.07. The zero-order valence-corrected chi connectivity index (χ0v) is 12.1. The molecule has 0 unspecified atom stereocenters. The molecular formula is C12H10BrFN2O2S. The number of amides is 1. The predicted molar refractivity (Wildman–Crippen MR) is 74.4 cm³/mol. The van der Waals surface area contributed by atoms with Gasteiger partial charge in [-0.2, -0.15) is 0 Å². The van der Waals surface area contributed by atoms with Crippen LogP contribution in [0.1, 0.15) is 15.2 Å². The molecule has 0 aliphatic rings. The van der Waals surface area contributed by atoms with Crippen molar-refractivity contribution in [3.8, 4) is 5.75 Å². The molecule has 3 N–H and O–H groups in total. The van der Waals surface area contributed by atoms with Gasteiger partial charge in [0, 0.05) is 16.1 Å². The van der Waals surface area contributed by atoms with E-state index in [1.54, 1.807) is 17.5 Å². The summed E-state index contributed by atoms with van der Waals surface area (Å²) in [7, 11) is 0. The highest BCUT2D eigenvalue weighted by atomic mass is 79.9. The maximum atomic E-state index is 13.2. The number of nitrogens with two attached hydrogens (primary N) is 1. The van der Waals surface area contributed by atoms with Crippen LogP contribution in [0.3, 0.4) is 0 Å². The molecule has 1 heterocycles. The van der Waals surface area contributed by atoms with E-state index in [9.17, 15) is 9.18 Å². The Labute approximate surface area is 121 Å². The predicted octanol–water partition coefficient (Wildman–Crippen LogP) is 2.83. The Hall–Kier alpha value is -1.44. The molecule has 0 saturated heterocycles. The fourth-order valence-electron chi connectivity index (χ4n) is 1.49. The molecule has 0 atom stereocenters. The summed E-state index contributed by atoms with van der Waals surface area (Å²) in [6.45, 7) is 0.169. The lowest BCUT2D eigenvalue weighted by atomic mass is 10.2. The first kappa shape index (κ1) is 14.0. The first-order chi connectivity index (χ1) is 9.10. The zero-order chi connectivity index (χ0) is 13.8. The number of hydrogen-bond acceptors (Lipinski definition) is 4. The fourth-order valence-corrected chi connectivity index (χ4v) is 2.74. The van der Waals surface area contributed by atoms with Crippen molar-refractivity contribution in [2.45, 2.75) is 6.61 Å². The Balaban J connectivity index is 2.10. The number of nitrogens with one attached hydrogen (secondary N) is 1. The first-order valence-corrected chi connectivity index (χ1v) is 6.93. The van der Waals surface area contributed by atoms with Crippen molar-refractivity contribution in [2.75, 3.05) is 0 Å². The molecule has 0 radical (unpaired) electrons. The Kier molecular flexibility index (Phi) is 4.52. The van der Waals surface area contributed by atoms with E-state index in [2.05, 4.69) is 21.4 Å². The topological polar surface area (TPSA) is 64.3 Å². The van der Waals surface area contributed by atoms with E-state index in [0.29, 0.717) is 20.7 Å². The van der Waals surface area contributed by atoms with Crippen LogP contribution < -0.4 is 16.0 Å². The van der Waals surface area contributed by atoms with Crippen LogP contribution in [0.25, 0.3) is 0 Å². The summed E-state index contributed by atoms with van der Waals surface area (Å²) in [5.74, 6) is 4.72. The minimum Gasteiger partial charge on any atom is -0.489 e. The van der Waals surface area contributed by atoms with Gasteiger partial charge in [-0.05, 0) is 23.6 Å². The van der Waals surface area contributed by atoms with Crippen LogP contribution in [0.4, 0.5) is 4.39 Å². The second kappa shape index (κ2) is 6.14. The van der Waals surface area contributed by atoms with Crippen LogP contribution in [-0.4, -0.2) is 5.91 Å². The Morgan fingerprint density at radius 2 is 2.26 bits per heavy atom. The van der Waals surface area contributed by atoms with Crippen LogP contribution in [0.5, 0.6) is 5.75 Å². The molecule has 7 heteroatoms. The molecule has 1 amide bonds. The highest BCUT2D eigenvalue weighted by Gasteiger charge is 2.12. The van der Waals surface area contributed by atoms with Gasteiger partial charge >= 0.3 is 0 Å². The van der Waals surface area contributed by atoms with Gasteiger partial charge in [-0.15, -0.1) is 11.3 Å². The average Bonchev–Trinajstić information content (AvgIpc) is 2.82. The van der Waals surface area contributed by atoms with Gasteiger partial charge in [-0.3, -0.25) is 10.2 Å². The smallest absolute Gasteiger partial charge is 0.275 e. The first-order valence-electron chi connectivity index (χ1n) is 5.26. The molecule has 2 rings (SSSR count). The molecule has 0 saturated carbocycles. The molecule has 0 aliphatic heterocycles. The largest absolute Gasteiger partial charge is 0.489 e. The van der Waals surface area contributed by atoms with E-state index in [0.717, 1.165) is 0 Å². The van der Waals surface area contributed by atoms with Gasteiger partial charge in [0.05, 0.1) is 4.88 Å². The standard InChI is InChI=1S/C12H10BrFN2O2S/c13-8-3-9(14)5-10(4-8)18-6-7-1-2-19-11(7)12(17)16-15/h1-5H,6,15H2,(H,16,17). The lowest BCUT2D eigenvalue weighted by molar-refractivity contribution is 0.0955. The van der Waals surface area contributed by atoms with Gasteiger partial charge < -0.3 is 4.74 Å². The second-order valence-corrected chi connectivity index (χ2v) is 5.47. The molecule has 0 bridgehead atoms. The molecule has 0 aliphatic carbocycles. The summed E-state index contributed by atoms with van der Waals surface area (Å²) in [6, 6.07) is 6.03. The molecule has 1 aromatic heterocycles. The number of nitrogen functional groups attached to an aromatic ring is 1. The Morgan fingerprint density at radius 1 is 1.47 bits per heavy atom. The van der Waals surface area contributed by atoms with Crippen LogP contribution >= 0.6 is 27.3 Å². The van der Waals surface area contributed by atoms with Crippen molar-refractivity contribution in [1.29, 1.82) is 0 Å². The van der Waals surface area contributed by atoms with Crippen molar-refractivity contribution in [3.63, 3.8) is 0 Å². The summed E-state index contributed by atoms with van der Waals surface area (Å²) in [5, 5.41) is 1.77. The molecule has 1 aromatic carbocycles. The fraction of sp³-hybridized carbons (Fsp3) is 0.0833. The third kappa shape index (κ3) is 3.52. The van der Waals surface area contributed by atoms with Gasteiger partial charge in [0.1, 0.15) is 18.2 Å². The molecule has 0 fully saturated rings. The number of hydrogen-bond donors (Lipinski definition) is 2. The van der Waals surface area contributed by atoms with Gasteiger partial charge in [0.15, 0.2) is 0 Å². The number of ether oxygens (including phenoxy) is 1. The molecular weight excluding hydrogens is 335 g/mol. The van der Waals surface area contributed by atoms with Crippen molar-refractivity contribution in [2.24, 2.45) is 5.84 Å². The maximum absolute atomic E-state index is 13.2. The molecule has 100 valence electrons. The monoisotopic (exact) mass is 344 g/mol. The number of benzene rings is 1. The van der Waals surface area contributed by atoms with E-state index in [-0.39, 0.29) is 12.5 Å². The third-order valence-electron chi connectivity index (χ3n) is 2.31. The molecule has 0 spiro atoms. The van der Waals surface area contributed by atoms with Gasteiger partial charge in [0.25, 0.3) is 5.91 Å². The number of rotatable bonds is 4. The van der Waals surface area contributed by atoms with Crippen molar-refractivity contribution >= 4 is 33.2 Å². The van der Waals surface area contributed by atoms with Crippen LogP contribution in [0, 0.1) is 5.82 Å². The summed E-state index contributed by atoms with van der Waals surface area (Å²) in [4.78, 5) is 12.0. The summed E-state index contributed by atoms with van der Waals surface area (Å²) in [6.07, 6.45) is 0. The molecule has 4 nitrogen and oxygen atoms in total. The normalized spacial score (nSPS) is 10.3. The van der Waals surface area contributed by atoms with E-state index in [1.807, 2.05) is 0 Å². The number of thiophene rings is 1. The average molecular weight is 345 g/mol. The quantitative estimate of drug-likeness (QED) is 0.509. The minimum absolute atomic E-state index is 0.169. The van der Waals surface area contributed by atoms with Crippen LogP contribution in [-0.2, 0) is 6.61 Å². The Bertz CT molecular complexity index is 583. The van der Waals surface area contributed by atoms with E-state index >= 15 is 0 Å². The van der Waals surface area contributed by atoms with Crippen LogP contribution in [0.15, 0.2) is 34.1 Å². The maximum Gasteiger partial charge on any atom is 0.275 e. The summed E-state index contributed by atoms with van der Waals surface area (Å²) in [5.41, 5.74) is 2.77. The highest BCUT2D eigenvalue weighted by Crippen LogP contribution is 2.23. The number of carbonyl (C=O) groups excluding carboxylic acids is 1. The SMILES string of the molecule is NNC(=O)c1sccc1COc1cc(F)cc(Br)c1. The van der Waals surface area contributed by atoms with E-state index in [1.165, 1.54) is 23.5 Å². The van der Waals surface area contributed by atoms with E-state index < -0.39 is 5.82 Å². The zero-order valence-electron chi connectivity index (χ0n) is 9.65. The number of carbonyl (C=O) groups is 1. The third-order valence-corrected chi connectivity index (χ3v) is 3.73. The molecule has 2 aromatic rings. The van der Waals surface area contributed by atoms with Crippen molar-refractivity contribution in [1.82, 2.24) is 5.43 Å². The van der Waals surface area contributed by atoms with Crippen LogP contribution in [0.2, 0.25) is 0 Å². The highest BCUT2D eigenvalue weighted by molar-refractivity contribution is 9.10. The van der Waals surface area contributed by atoms with Gasteiger partial charge in [-0.1, -0.05) is 15.9 Å². The van der Waals surface area contributed by atoms with Gasteiger partial charge in [0.2, 0.25) is 0 Å². The number of hydrazine groups is 1. The van der Waals surface area contributed by atoms with Gasteiger partial charge in [-0.25, -0.2) is 10.2 Å². The minimum atomic E-state index is -0.394. The Morgan fingerprint density at radius 3 is 2.95 bits per heavy atom. The second-order valence-electron chi connectivity index (χ2n) is 3.64. The van der Waals surface area contributed by atoms with E-state index in [4.69, 9.17) is 10.6 Å². The van der Waals surface area contributed by atoms with Crippen molar-refractivity contribution < 1.29 is 13.9 Å². The number of halogens is 2.